The summed E-state index contributed by atoms with van der Waals surface area (Å²) < 4.78 is 24.6. The maximum Gasteiger partial charge on any atom is 0.321 e. The van der Waals surface area contributed by atoms with Crippen LogP contribution >= 0.6 is 0 Å². The van der Waals surface area contributed by atoms with Crippen LogP contribution in [0.15, 0.2) is 42.5 Å². The summed E-state index contributed by atoms with van der Waals surface area (Å²) in [4.78, 5) is 13.7. The number of urea groups is 1. The molecule has 2 aromatic rings. The van der Waals surface area contributed by atoms with E-state index in [0.717, 1.165) is 11.3 Å². The zero-order valence-electron chi connectivity index (χ0n) is 14.9. The first-order valence-electron chi connectivity index (χ1n) is 8.00. The average Bonchev–Trinajstić information content (AvgIpc) is 2.57. The fourth-order valence-corrected chi connectivity index (χ4v) is 2.23. The molecule has 0 aromatic heterocycles. The Morgan fingerprint density at radius 2 is 1.80 bits per heavy atom. The topological polar surface area (TPSA) is 50.8 Å². The minimum Gasteiger partial charge on any atom is -0.497 e. The molecule has 6 heteroatoms. The average molecular weight is 346 g/mol. The summed E-state index contributed by atoms with van der Waals surface area (Å²) in [7, 11) is 3.24. The third-order valence-corrected chi connectivity index (χ3v) is 3.48. The molecule has 2 amide bonds. The zero-order valence-corrected chi connectivity index (χ0v) is 14.9. The molecular weight excluding hydrogens is 323 g/mol. The van der Waals surface area contributed by atoms with E-state index >= 15 is 0 Å². The highest BCUT2D eigenvalue weighted by molar-refractivity contribution is 5.89. The van der Waals surface area contributed by atoms with Gasteiger partial charge in [-0.2, -0.15) is 0 Å². The van der Waals surface area contributed by atoms with Gasteiger partial charge >= 0.3 is 6.03 Å². The van der Waals surface area contributed by atoms with E-state index in [4.69, 9.17) is 9.47 Å². The summed E-state index contributed by atoms with van der Waals surface area (Å²) in [6.45, 7) is 4.12. The van der Waals surface area contributed by atoms with Gasteiger partial charge in [-0.05, 0) is 43.7 Å². The third kappa shape index (κ3) is 5.38. The molecule has 25 heavy (non-hydrogen) atoms. The Labute approximate surface area is 147 Å². The van der Waals surface area contributed by atoms with Gasteiger partial charge in [-0.15, -0.1) is 0 Å². The lowest BCUT2D eigenvalue weighted by atomic mass is 10.2. The van der Waals surface area contributed by atoms with Gasteiger partial charge in [0, 0.05) is 19.7 Å². The number of benzene rings is 2. The largest absolute Gasteiger partial charge is 0.497 e. The van der Waals surface area contributed by atoms with Gasteiger partial charge in [0.25, 0.3) is 0 Å². The Kier molecular flexibility index (Phi) is 6.22. The summed E-state index contributed by atoms with van der Waals surface area (Å²) in [5.74, 6) is 0.642. The molecule has 0 heterocycles. The lowest BCUT2D eigenvalue weighted by Crippen LogP contribution is -2.31. The van der Waals surface area contributed by atoms with Gasteiger partial charge in [0.2, 0.25) is 0 Å². The van der Waals surface area contributed by atoms with E-state index in [-0.39, 0.29) is 11.8 Å². The first-order valence-corrected chi connectivity index (χ1v) is 8.00. The SMILES string of the molecule is COc1ccc(CN(C)C(=O)Nc2ccc(OC(C)C)cc2F)cc1. The molecule has 1 N–H and O–H groups in total. The molecule has 2 rings (SSSR count). The van der Waals surface area contributed by atoms with E-state index in [1.165, 1.54) is 17.0 Å². The summed E-state index contributed by atoms with van der Waals surface area (Å²) >= 11 is 0. The van der Waals surface area contributed by atoms with Crippen LogP contribution in [0.4, 0.5) is 14.9 Å². The van der Waals surface area contributed by atoms with Crippen molar-refractivity contribution in [1.82, 2.24) is 4.90 Å². The van der Waals surface area contributed by atoms with Gasteiger partial charge < -0.3 is 19.7 Å². The van der Waals surface area contributed by atoms with E-state index < -0.39 is 11.8 Å². The van der Waals surface area contributed by atoms with Gasteiger partial charge in [0.15, 0.2) is 0 Å². The number of nitrogens with zero attached hydrogens (tertiary/aromatic N) is 1. The molecule has 134 valence electrons. The minimum absolute atomic E-state index is 0.0459. The second kappa shape index (κ2) is 8.37. The molecule has 0 aliphatic rings. The van der Waals surface area contributed by atoms with Crippen molar-refractivity contribution in [3.05, 3.63) is 53.8 Å². The van der Waals surface area contributed by atoms with Crippen molar-refractivity contribution in [1.29, 1.82) is 0 Å². The van der Waals surface area contributed by atoms with Crippen molar-refractivity contribution in [3.63, 3.8) is 0 Å². The molecule has 0 spiro atoms. The van der Waals surface area contributed by atoms with Crippen molar-refractivity contribution >= 4 is 11.7 Å². The molecular formula is C19H23FN2O3. The number of nitrogens with one attached hydrogen (secondary N) is 1. The van der Waals surface area contributed by atoms with Crippen molar-refractivity contribution in [2.24, 2.45) is 0 Å². The summed E-state index contributed by atoms with van der Waals surface area (Å²) in [5, 5.41) is 2.57. The lowest BCUT2D eigenvalue weighted by molar-refractivity contribution is 0.220. The normalized spacial score (nSPS) is 10.5. The van der Waals surface area contributed by atoms with E-state index in [0.29, 0.717) is 12.3 Å². The highest BCUT2D eigenvalue weighted by Gasteiger charge is 2.13. The number of amides is 2. The maximum atomic E-state index is 14.1. The number of carbonyl (C=O) groups is 1. The molecule has 0 unspecified atom stereocenters. The van der Waals surface area contributed by atoms with E-state index in [1.807, 2.05) is 38.1 Å². The van der Waals surface area contributed by atoms with Crippen molar-refractivity contribution in [2.75, 3.05) is 19.5 Å². The van der Waals surface area contributed by atoms with Crippen LogP contribution in [0.3, 0.4) is 0 Å². The highest BCUT2D eigenvalue weighted by Crippen LogP contribution is 2.22. The summed E-state index contributed by atoms with van der Waals surface area (Å²) in [6.07, 6.45) is -0.0459. The fourth-order valence-electron chi connectivity index (χ4n) is 2.23. The predicted octanol–water partition coefficient (Wildman–Crippen LogP) is 4.29. The smallest absolute Gasteiger partial charge is 0.321 e. The number of hydrogen-bond acceptors (Lipinski definition) is 3. The van der Waals surface area contributed by atoms with Crippen molar-refractivity contribution in [3.8, 4) is 11.5 Å². The molecule has 0 aliphatic carbocycles. The second-order valence-corrected chi connectivity index (χ2v) is 5.94. The third-order valence-electron chi connectivity index (χ3n) is 3.48. The molecule has 0 saturated carbocycles. The molecule has 0 radical (unpaired) electrons. The van der Waals surface area contributed by atoms with E-state index in [1.54, 1.807) is 20.2 Å². The van der Waals surface area contributed by atoms with E-state index in [2.05, 4.69) is 5.32 Å². The number of hydrogen-bond donors (Lipinski definition) is 1. The Balaban J connectivity index is 1.98. The van der Waals surface area contributed by atoms with Crippen LogP contribution in [0.25, 0.3) is 0 Å². The molecule has 0 aliphatic heterocycles. The molecule has 0 bridgehead atoms. The first-order chi connectivity index (χ1) is 11.9. The van der Waals surface area contributed by atoms with Gasteiger partial charge in [0.05, 0.1) is 18.9 Å². The van der Waals surface area contributed by atoms with E-state index in [9.17, 15) is 9.18 Å². The standard InChI is InChI=1S/C19H23FN2O3/c1-13(2)25-16-9-10-18(17(20)11-16)21-19(23)22(3)12-14-5-7-15(24-4)8-6-14/h5-11,13H,12H2,1-4H3,(H,21,23). The predicted molar refractivity (Wildman–Crippen MR) is 95.6 cm³/mol. The van der Waals surface area contributed by atoms with Crippen LogP contribution in [0.2, 0.25) is 0 Å². The monoisotopic (exact) mass is 346 g/mol. The van der Waals surface area contributed by atoms with Gasteiger partial charge in [-0.25, -0.2) is 9.18 Å². The quantitative estimate of drug-likeness (QED) is 0.849. The molecule has 2 aromatic carbocycles. The highest BCUT2D eigenvalue weighted by atomic mass is 19.1. The molecule has 0 saturated heterocycles. The lowest BCUT2D eigenvalue weighted by Gasteiger charge is -2.19. The van der Waals surface area contributed by atoms with Gasteiger partial charge in [-0.3, -0.25) is 0 Å². The molecule has 5 nitrogen and oxygen atoms in total. The van der Waals surface area contributed by atoms with Crippen molar-refractivity contribution in [2.45, 2.75) is 26.5 Å². The summed E-state index contributed by atoms with van der Waals surface area (Å²) in [5.41, 5.74) is 1.06. The van der Waals surface area contributed by atoms with Crippen LogP contribution in [-0.4, -0.2) is 31.2 Å². The fraction of sp³-hybridized carbons (Fsp3) is 0.316. The van der Waals surface area contributed by atoms with Gasteiger partial charge in [-0.1, -0.05) is 12.1 Å². The van der Waals surface area contributed by atoms with Crippen molar-refractivity contribution < 1.29 is 18.7 Å². The Morgan fingerprint density at radius 1 is 1.16 bits per heavy atom. The van der Waals surface area contributed by atoms with Gasteiger partial charge in [0.1, 0.15) is 17.3 Å². The maximum absolute atomic E-state index is 14.1. The number of anilines is 1. The molecule has 0 fully saturated rings. The second-order valence-electron chi connectivity index (χ2n) is 5.94. The number of halogens is 1. The first kappa shape index (κ1) is 18.6. The Hall–Kier alpha value is -2.76. The Bertz CT molecular complexity index is 717. The van der Waals surface area contributed by atoms with Crippen LogP contribution in [0.1, 0.15) is 19.4 Å². The number of methoxy groups -OCH3 is 1. The number of rotatable bonds is 6. The Morgan fingerprint density at radius 3 is 2.36 bits per heavy atom. The number of ether oxygens (including phenoxy) is 2. The van der Waals surface area contributed by atoms with Crippen LogP contribution in [0.5, 0.6) is 11.5 Å². The van der Waals surface area contributed by atoms with Crippen LogP contribution < -0.4 is 14.8 Å². The minimum atomic E-state index is -0.538. The molecule has 0 atom stereocenters. The van der Waals surface area contributed by atoms with Crippen LogP contribution in [-0.2, 0) is 6.54 Å². The zero-order chi connectivity index (χ0) is 18.4. The number of carbonyl (C=O) groups excluding carboxylic acids is 1. The van der Waals surface area contributed by atoms with Crippen LogP contribution in [0, 0.1) is 5.82 Å². The summed E-state index contributed by atoms with van der Waals surface area (Å²) in [6, 6.07) is 11.4.